The highest BCUT2D eigenvalue weighted by Gasteiger charge is 2.10. The summed E-state index contributed by atoms with van der Waals surface area (Å²) in [6.07, 6.45) is 2.96. The molecule has 2 aromatic rings. The number of benzene rings is 2. The number of methoxy groups -OCH3 is 1. The molecule has 0 bridgehead atoms. The minimum atomic E-state index is -0.425. The first-order valence-electron chi connectivity index (χ1n) is 6.62. The number of halogens is 3. The van der Waals surface area contributed by atoms with Crippen LogP contribution in [-0.4, -0.2) is 13.1 Å². The lowest BCUT2D eigenvalue weighted by Crippen LogP contribution is -1.98. The normalized spacial score (nSPS) is 10.8. The molecule has 0 aromatic heterocycles. The highest BCUT2D eigenvalue weighted by Crippen LogP contribution is 2.35. The summed E-state index contributed by atoms with van der Waals surface area (Å²) in [5.74, 6) is 0.129. The van der Waals surface area contributed by atoms with E-state index in [1.54, 1.807) is 12.1 Å². The van der Waals surface area contributed by atoms with Gasteiger partial charge in [0.05, 0.1) is 16.6 Å². The molecule has 0 aliphatic carbocycles. The van der Waals surface area contributed by atoms with Gasteiger partial charge in [-0.2, -0.15) is 0 Å². The van der Waals surface area contributed by atoms with Crippen LogP contribution in [0.1, 0.15) is 11.1 Å². The zero-order chi connectivity index (χ0) is 16.8. The first-order valence-corrected chi connectivity index (χ1v) is 8.59. The van der Waals surface area contributed by atoms with Gasteiger partial charge in [0.15, 0.2) is 5.75 Å². The molecule has 3 nitrogen and oxygen atoms in total. The van der Waals surface area contributed by atoms with Crippen molar-refractivity contribution in [2.45, 2.75) is 6.61 Å². The maximum Gasteiger partial charge on any atom is 0.330 e. The molecular weight excluding hydrogens is 447 g/mol. The van der Waals surface area contributed by atoms with E-state index in [1.165, 1.54) is 13.2 Å². The molecule has 2 rings (SSSR count). The number of hydrogen-bond donors (Lipinski definition) is 0. The standard InChI is InChI=1S/C17H13Br2ClO3/c1-22-16(21)7-6-11-8-14(19)17(15(20)9-11)23-10-12-4-2-3-5-13(12)18/h2-9H,10H2,1H3/b7-6+. The summed E-state index contributed by atoms with van der Waals surface area (Å²) >= 11 is 13.2. The third kappa shape index (κ3) is 5.09. The number of carbonyl (C=O) groups excluding carboxylic acids is 1. The van der Waals surface area contributed by atoms with Crippen molar-refractivity contribution in [1.82, 2.24) is 0 Å². The molecule has 2 aromatic carbocycles. The molecule has 120 valence electrons. The molecule has 0 saturated heterocycles. The van der Waals surface area contributed by atoms with Crippen LogP contribution < -0.4 is 4.74 Å². The van der Waals surface area contributed by atoms with Gasteiger partial charge in [0, 0.05) is 16.1 Å². The highest BCUT2D eigenvalue weighted by molar-refractivity contribution is 9.10. The van der Waals surface area contributed by atoms with Crippen molar-refractivity contribution < 1.29 is 14.3 Å². The van der Waals surface area contributed by atoms with Crippen LogP contribution in [0, 0.1) is 0 Å². The van der Waals surface area contributed by atoms with Gasteiger partial charge in [0.2, 0.25) is 0 Å². The second kappa shape index (κ2) is 8.52. The Kier molecular flexibility index (Phi) is 6.69. The zero-order valence-corrected chi connectivity index (χ0v) is 16.1. The Bertz CT molecular complexity index is 721. The predicted molar refractivity (Wildman–Crippen MR) is 98.7 cm³/mol. The van der Waals surface area contributed by atoms with Crippen molar-refractivity contribution in [3.05, 3.63) is 67.6 Å². The first kappa shape index (κ1) is 18.0. The Hall–Kier alpha value is -1.30. The summed E-state index contributed by atoms with van der Waals surface area (Å²) < 4.78 is 12.1. The lowest BCUT2D eigenvalue weighted by molar-refractivity contribution is -0.134. The summed E-state index contributed by atoms with van der Waals surface area (Å²) in [4.78, 5) is 11.1. The fraction of sp³-hybridized carbons (Fsp3) is 0.118. The van der Waals surface area contributed by atoms with E-state index in [2.05, 4.69) is 36.6 Å². The van der Waals surface area contributed by atoms with Crippen LogP contribution in [0.25, 0.3) is 6.08 Å². The van der Waals surface area contributed by atoms with Gasteiger partial charge in [-0.3, -0.25) is 0 Å². The summed E-state index contributed by atoms with van der Waals surface area (Å²) in [6.45, 7) is 0.386. The van der Waals surface area contributed by atoms with Gasteiger partial charge in [0.25, 0.3) is 0 Å². The Balaban J connectivity index is 2.16. The second-order valence-corrected chi connectivity index (χ2v) is 6.67. The molecular formula is C17H13Br2ClO3. The number of hydrogen-bond acceptors (Lipinski definition) is 3. The van der Waals surface area contributed by atoms with Gasteiger partial charge in [-0.1, -0.05) is 45.7 Å². The molecule has 6 heteroatoms. The Morgan fingerprint density at radius 1 is 1.22 bits per heavy atom. The molecule has 0 atom stereocenters. The molecule has 0 fully saturated rings. The predicted octanol–water partition coefficient (Wildman–Crippen LogP) is 5.63. The summed E-state index contributed by atoms with van der Waals surface area (Å²) in [7, 11) is 1.33. The Morgan fingerprint density at radius 3 is 2.61 bits per heavy atom. The molecule has 0 radical (unpaired) electrons. The smallest absolute Gasteiger partial charge is 0.330 e. The molecule has 0 aliphatic heterocycles. The number of rotatable bonds is 5. The lowest BCUT2D eigenvalue weighted by atomic mass is 10.2. The van der Waals surface area contributed by atoms with Crippen LogP contribution in [-0.2, 0) is 16.1 Å². The topological polar surface area (TPSA) is 35.5 Å². The van der Waals surface area contributed by atoms with Crippen molar-refractivity contribution in [3.63, 3.8) is 0 Å². The Morgan fingerprint density at radius 2 is 1.96 bits per heavy atom. The van der Waals surface area contributed by atoms with Gasteiger partial charge in [0.1, 0.15) is 6.61 Å². The number of esters is 1. The van der Waals surface area contributed by atoms with Crippen molar-refractivity contribution in [1.29, 1.82) is 0 Å². The van der Waals surface area contributed by atoms with Crippen molar-refractivity contribution in [2.24, 2.45) is 0 Å². The van der Waals surface area contributed by atoms with Gasteiger partial charge in [-0.15, -0.1) is 0 Å². The SMILES string of the molecule is COC(=O)/C=C/c1cc(Cl)c(OCc2ccccc2Br)c(Br)c1. The maximum absolute atomic E-state index is 11.1. The van der Waals surface area contributed by atoms with Gasteiger partial charge < -0.3 is 9.47 Å². The van der Waals surface area contributed by atoms with Crippen LogP contribution in [0.15, 0.2) is 51.4 Å². The van der Waals surface area contributed by atoms with E-state index >= 15 is 0 Å². The fourth-order valence-corrected chi connectivity index (χ4v) is 3.20. The Labute approximate surface area is 156 Å². The van der Waals surface area contributed by atoms with Gasteiger partial charge in [-0.05, 0) is 45.8 Å². The number of carbonyl (C=O) groups is 1. The molecule has 0 heterocycles. The van der Waals surface area contributed by atoms with E-state index in [-0.39, 0.29) is 0 Å². The summed E-state index contributed by atoms with van der Waals surface area (Å²) in [5.41, 5.74) is 1.78. The van der Waals surface area contributed by atoms with Crippen LogP contribution >= 0.6 is 43.5 Å². The monoisotopic (exact) mass is 458 g/mol. The minimum Gasteiger partial charge on any atom is -0.486 e. The lowest BCUT2D eigenvalue weighted by Gasteiger charge is -2.12. The third-order valence-electron chi connectivity index (χ3n) is 2.96. The second-order valence-electron chi connectivity index (χ2n) is 4.55. The maximum atomic E-state index is 11.1. The largest absolute Gasteiger partial charge is 0.486 e. The molecule has 0 amide bonds. The first-order chi connectivity index (χ1) is 11.0. The number of ether oxygens (including phenoxy) is 2. The molecule has 23 heavy (non-hydrogen) atoms. The van der Waals surface area contributed by atoms with Crippen LogP contribution in [0.5, 0.6) is 5.75 Å². The molecule has 0 N–H and O–H groups in total. The average molecular weight is 461 g/mol. The van der Waals surface area contributed by atoms with Crippen molar-refractivity contribution in [2.75, 3.05) is 7.11 Å². The third-order valence-corrected chi connectivity index (χ3v) is 4.61. The zero-order valence-electron chi connectivity index (χ0n) is 12.2. The van der Waals surface area contributed by atoms with E-state index in [4.69, 9.17) is 16.3 Å². The van der Waals surface area contributed by atoms with E-state index in [0.717, 1.165) is 15.6 Å². The molecule has 0 aliphatic rings. The van der Waals surface area contributed by atoms with E-state index in [0.29, 0.717) is 21.9 Å². The van der Waals surface area contributed by atoms with E-state index in [1.807, 2.05) is 30.3 Å². The average Bonchev–Trinajstić information content (AvgIpc) is 2.53. The fourth-order valence-electron chi connectivity index (χ4n) is 1.81. The van der Waals surface area contributed by atoms with Gasteiger partial charge >= 0.3 is 5.97 Å². The van der Waals surface area contributed by atoms with Crippen LogP contribution in [0.2, 0.25) is 5.02 Å². The summed E-state index contributed by atoms with van der Waals surface area (Å²) in [5, 5.41) is 0.455. The van der Waals surface area contributed by atoms with E-state index in [9.17, 15) is 4.79 Å². The molecule has 0 saturated carbocycles. The quantitative estimate of drug-likeness (QED) is 0.429. The summed E-state index contributed by atoms with van der Waals surface area (Å²) in [6, 6.07) is 11.4. The van der Waals surface area contributed by atoms with Crippen molar-refractivity contribution >= 4 is 55.5 Å². The van der Waals surface area contributed by atoms with Crippen LogP contribution in [0.4, 0.5) is 0 Å². The van der Waals surface area contributed by atoms with Gasteiger partial charge in [-0.25, -0.2) is 4.79 Å². The molecule has 0 spiro atoms. The van der Waals surface area contributed by atoms with Crippen LogP contribution in [0.3, 0.4) is 0 Å². The van der Waals surface area contributed by atoms with Crippen molar-refractivity contribution in [3.8, 4) is 5.75 Å². The molecule has 0 unspecified atom stereocenters. The minimum absolute atomic E-state index is 0.386. The highest BCUT2D eigenvalue weighted by atomic mass is 79.9. The van der Waals surface area contributed by atoms with E-state index < -0.39 is 5.97 Å².